The third-order valence-corrected chi connectivity index (χ3v) is 7.46. The van der Waals surface area contributed by atoms with E-state index in [2.05, 4.69) is 27.4 Å². The van der Waals surface area contributed by atoms with Crippen LogP contribution in [-0.2, 0) is 9.84 Å². The van der Waals surface area contributed by atoms with E-state index in [9.17, 15) is 8.42 Å². The Balaban J connectivity index is 1.64. The standard InChI is InChI=1S/C14H28N4O2S2/c1-14(4-3-9-21-14)12-17-13(15-2)16-5-6-18-7-10-22(19,20)11-8-18/h3-12H2,1-2H3,(H2,15,16,17). The van der Waals surface area contributed by atoms with Gasteiger partial charge in [-0.3, -0.25) is 9.89 Å². The zero-order chi connectivity index (χ0) is 16.1. The highest BCUT2D eigenvalue weighted by Gasteiger charge is 2.29. The van der Waals surface area contributed by atoms with Gasteiger partial charge in [-0.2, -0.15) is 11.8 Å². The van der Waals surface area contributed by atoms with Crippen LogP contribution in [0.3, 0.4) is 0 Å². The summed E-state index contributed by atoms with van der Waals surface area (Å²) in [5.41, 5.74) is 0. The largest absolute Gasteiger partial charge is 0.355 e. The van der Waals surface area contributed by atoms with Crippen LogP contribution in [-0.4, -0.2) is 81.1 Å². The first-order valence-corrected chi connectivity index (χ1v) is 10.7. The molecule has 128 valence electrons. The Bertz CT molecular complexity index is 473. The van der Waals surface area contributed by atoms with Crippen molar-refractivity contribution in [1.82, 2.24) is 15.5 Å². The Labute approximate surface area is 138 Å². The molecular formula is C14H28N4O2S2. The third-order valence-electron chi connectivity index (χ3n) is 4.31. The van der Waals surface area contributed by atoms with Gasteiger partial charge in [0.25, 0.3) is 0 Å². The van der Waals surface area contributed by atoms with Gasteiger partial charge in [0.1, 0.15) is 0 Å². The van der Waals surface area contributed by atoms with Crippen LogP contribution >= 0.6 is 11.8 Å². The lowest BCUT2D eigenvalue weighted by molar-refractivity contribution is 0.299. The fraction of sp³-hybridized carbons (Fsp3) is 0.929. The second-order valence-electron chi connectivity index (χ2n) is 6.25. The lowest BCUT2D eigenvalue weighted by atomic mass is 10.1. The molecule has 0 aliphatic carbocycles. The average Bonchev–Trinajstić information content (AvgIpc) is 2.91. The van der Waals surface area contributed by atoms with Crippen LogP contribution in [0.4, 0.5) is 0 Å². The molecule has 22 heavy (non-hydrogen) atoms. The van der Waals surface area contributed by atoms with Crippen molar-refractivity contribution in [2.24, 2.45) is 4.99 Å². The molecule has 2 saturated heterocycles. The van der Waals surface area contributed by atoms with E-state index in [1.54, 1.807) is 7.05 Å². The summed E-state index contributed by atoms with van der Waals surface area (Å²) in [7, 11) is -1.00. The summed E-state index contributed by atoms with van der Waals surface area (Å²) in [4.78, 5) is 6.45. The molecule has 1 unspecified atom stereocenters. The van der Waals surface area contributed by atoms with E-state index < -0.39 is 9.84 Å². The highest BCUT2D eigenvalue weighted by molar-refractivity contribution is 8.00. The summed E-state index contributed by atoms with van der Waals surface area (Å²) in [5, 5.41) is 6.72. The molecule has 0 bridgehead atoms. The Hall–Kier alpha value is -0.470. The first-order valence-electron chi connectivity index (χ1n) is 7.94. The molecule has 0 saturated carbocycles. The minimum absolute atomic E-state index is 0.287. The van der Waals surface area contributed by atoms with Crippen LogP contribution in [0.25, 0.3) is 0 Å². The van der Waals surface area contributed by atoms with Crippen LogP contribution in [0.5, 0.6) is 0 Å². The molecule has 0 aromatic carbocycles. The molecule has 6 nitrogen and oxygen atoms in total. The second kappa shape index (κ2) is 7.88. The van der Waals surface area contributed by atoms with Crippen LogP contribution in [0, 0.1) is 0 Å². The maximum absolute atomic E-state index is 11.4. The van der Waals surface area contributed by atoms with E-state index in [1.807, 2.05) is 11.8 Å². The van der Waals surface area contributed by atoms with E-state index in [4.69, 9.17) is 0 Å². The SMILES string of the molecule is CN=C(NCCN1CCS(=O)(=O)CC1)NCC1(C)CCCS1. The van der Waals surface area contributed by atoms with Crippen LogP contribution < -0.4 is 10.6 Å². The summed E-state index contributed by atoms with van der Waals surface area (Å²) in [5.74, 6) is 2.66. The third kappa shape index (κ3) is 5.62. The molecule has 2 heterocycles. The fourth-order valence-electron chi connectivity index (χ4n) is 2.77. The van der Waals surface area contributed by atoms with Gasteiger partial charge in [-0.15, -0.1) is 0 Å². The van der Waals surface area contributed by atoms with Crippen LogP contribution in [0.1, 0.15) is 19.8 Å². The van der Waals surface area contributed by atoms with Crippen LogP contribution in [0.2, 0.25) is 0 Å². The smallest absolute Gasteiger partial charge is 0.191 e. The number of sulfone groups is 1. The molecule has 2 fully saturated rings. The Morgan fingerprint density at radius 3 is 2.64 bits per heavy atom. The van der Waals surface area contributed by atoms with Crippen molar-refractivity contribution in [3.8, 4) is 0 Å². The molecule has 2 N–H and O–H groups in total. The van der Waals surface area contributed by atoms with E-state index in [1.165, 1.54) is 18.6 Å². The number of guanidine groups is 1. The van der Waals surface area contributed by atoms with E-state index in [-0.39, 0.29) is 11.5 Å². The van der Waals surface area contributed by atoms with Gasteiger partial charge in [0, 0.05) is 44.5 Å². The molecule has 0 amide bonds. The first-order chi connectivity index (χ1) is 10.4. The van der Waals surface area contributed by atoms with Crippen molar-refractivity contribution < 1.29 is 8.42 Å². The van der Waals surface area contributed by atoms with Gasteiger partial charge in [0.15, 0.2) is 15.8 Å². The minimum atomic E-state index is -2.79. The lowest BCUT2D eigenvalue weighted by Gasteiger charge is -2.27. The molecule has 8 heteroatoms. The molecule has 2 rings (SSSR count). The fourth-order valence-corrected chi connectivity index (χ4v) is 5.30. The van der Waals surface area contributed by atoms with Crippen molar-refractivity contribution in [1.29, 1.82) is 0 Å². The van der Waals surface area contributed by atoms with Gasteiger partial charge in [-0.05, 0) is 25.5 Å². The topological polar surface area (TPSA) is 73.8 Å². The molecular weight excluding hydrogens is 320 g/mol. The van der Waals surface area contributed by atoms with E-state index in [0.717, 1.165) is 25.6 Å². The number of thioether (sulfide) groups is 1. The van der Waals surface area contributed by atoms with Crippen molar-refractivity contribution in [3.05, 3.63) is 0 Å². The summed E-state index contributed by atoms with van der Waals surface area (Å²) in [6, 6.07) is 0. The highest BCUT2D eigenvalue weighted by Crippen LogP contribution is 2.36. The Kier molecular flexibility index (Phi) is 6.40. The molecule has 0 aromatic heterocycles. The zero-order valence-electron chi connectivity index (χ0n) is 13.6. The number of rotatable bonds is 5. The molecule has 0 radical (unpaired) electrons. The van der Waals surface area contributed by atoms with Gasteiger partial charge in [0.05, 0.1) is 11.5 Å². The van der Waals surface area contributed by atoms with Crippen molar-refractivity contribution >= 4 is 27.6 Å². The quantitative estimate of drug-likeness (QED) is 0.545. The highest BCUT2D eigenvalue weighted by atomic mass is 32.2. The summed E-state index contributed by atoms with van der Waals surface area (Å²) < 4.78 is 23.1. The number of nitrogens with one attached hydrogen (secondary N) is 2. The molecule has 0 spiro atoms. The number of hydrogen-bond acceptors (Lipinski definition) is 5. The molecule has 2 aliphatic rings. The van der Waals surface area contributed by atoms with Crippen molar-refractivity contribution in [3.63, 3.8) is 0 Å². The van der Waals surface area contributed by atoms with Crippen LogP contribution in [0.15, 0.2) is 4.99 Å². The predicted octanol–water partition coefficient (Wildman–Crippen LogP) is 0.168. The predicted molar refractivity (Wildman–Crippen MR) is 94.6 cm³/mol. The minimum Gasteiger partial charge on any atom is -0.355 e. The molecule has 1 atom stereocenters. The Morgan fingerprint density at radius 2 is 2.05 bits per heavy atom. The number of hydrogen-bond donors (Lipinski definition) is 2. The number of aliphatic imine (C=N–C) groups is 1. The Morgan fingerprint density at radius 1 is 1.32 bits per heavy atom. The van der Waals surface area contributed by atoms with Gasteiger partial charge in [0.2, 0.25) is 0 Å². The summed E-state index contributed by atoms with van der Waals surface area (Å²) >= 11 is 2.03. The van der Waals surface area contributed by atoms with Gasteiger partial charge in [-0.1, -0.05) is 0 Å². The average molecular weight is 349 g/mol. The van der Waals surface area contributed by atoms with Gasteiger partial charge < -0.3 is 10.6 Å². The monoisotopic (exact) mass is 348 g/mol. The van der Waals surface area contributed by atoms with E-state index >= 15 is 0 Å². The molecule has 0 aromatic rings. The lowest BCUT2D eigenvalue weighted by Crippen LogP contribution is -2.47. The zero-order valence-corrected chi connectivity index (χ0v) is 15.2. The maximum atomic E-state index is 11.4. The van der Waals surface area contributed by atoms with Gasteiger partial charge in [-0.25, -0.2) is 8.42 Å². The molecule has 2 aliphatic heterocycles. The van der Waals surface area contributed by atoms with Crippen molar-refractivity contribution in [2.45, 2.75) is 24.5 Å². The van der Waals surface area contributed by atoms with Crippen molar-refractivity contribution in [2.75, 3.05) is 57.0 Å². The van der Waals surface area contributed by atoms with E-state index in [0.29, 0.717) is 17.8 Å². The second-order valence-corrected chi connectivity index (χ2v) is 10.2. The maximum Gasteiger partial charge on any atom is 0.191 e. The first kappa shape index (κ1) is 17.9. The summed E-state index contributed by atoms with van der Waals surface area (Å²) in [6.07, 6.45) is 2.55. The van der Waals surface area contributed by atoms with Gasteiger partial charge >= 0.3 is 0 Å². The summed E-state index contributed by atoms with van der Waals surface area (Å²) in [6.45, 7) is 6.15. The number of nitrogens with zero attached hydrogens (tertiary/aromatic N) is 2. The normalized spacial score (nSPS) is 29.5.